The second-order valence-corrected chi connectivity index (χ2v) is 9.84. The molecule has 2 aliphatic rings. The minimum atomic E-state index is -0.118. The Balaban J connectivity index is 1.19. The zero-order valence-electron chi connectivity index (χ0n) is 21.1. The van der Waals surface area contributed by atoms with E-state index in [1.807, 2.05) is 54.6 Å². The number of pyridine rings is 3. The van der Waals surface area contributed by atoms with Crippen LogP contribution in [0.5, 0.6) is 0 Å². The molecule has 1 fully saturated rings. The van der Waals surface area contributed by atoms with Crippen LogP contribution in [-0.4, -0.2) is 52.7 Å². The summed E-state index contributed by atoms with van der Waals surface area (Å²) < 4.78 is 5.87. The molecule has 1 amide bonds. The molecule has 0 spiro atoms. The van der Waals surface area contributed by atoms with Crippen LogP contribution in [0.2, 0.25) is 0 Å². The molecule has 8 nitrogen and oxygen atoms in total. The summed E-state index contributed by atoms with van der Waals surface area (Å²) in [6.07, 6.45) is 3.13. The van der Waals surface area contributed by atoms with E-state index >= 15 is 0 Å². The molecule has 4 aromatic rings. The third-order valence-corrected chi connectivity index (χ3v) is 6.88. The van der Waals surface area contributed by atoms with Gasteiger partial charge in [0, 0.05) is 42.5 Å². The van der Waals surface area contributed by atoms with E-state index in [4.69, 9.17) is 14.7 Å². The van der Waals surface area contributed by atoms with Crippen LogP contribution in [0.1, 0.15) is 35.5 Å². The minimum Gasteiger partial charge on any atom is -0.384 e. The Bertz CT molecular complexity index is 1460. The summed E-state index contributed by atoms with van der Waals surface area (Å²) in [6, 6.07) is 17.8. The number of nitrogens with zero attached hydrogens (tertiary/aromatic N) is 4. The highest BCUT2D eigenvalue weighted by Gasteiger charge is 2.23. The van der Waals surface area contributed by atoms with Crippen LogP contribution in [0.3, 0.4) is 0 Å². The number of benzene rings is 1. The third-order valence-electron chi connectivity index (χ3n) is 6.88. The monoisotopic (exact) mass is 494 g/mol. The number of anilines is 2. The maximum absolute atomic E-state index is 12.7. The van der Waals surface area contributed by atoms with Crippen LogP contribution in [0.4, 0.5) is 11.5 Å². The molecule has 1 saturated heterocycles. The lowest BCUT2D eigenvalue weighted by Gasteiger charge is -2.36. The zero-order chi connectivity index (χ0) is 25.4. The van der Waals surface area contributed by atoms with Gasteiger partial charge in [0.25, 0.3) is 5.91 Å². The molecule has 37 heavy (non-hydrogen) atoms. The van der Waals surface area contributed by atoms with Crippen molar-refractivity contribution in [1.29, 1.82) is 0 Å². The van der Waals surface area contributed by atoms with Gasteiger partial charge in [0.05, 0.1) is 41.4 Å². The molecule has 0 radical (unpaired) electrons. The van der Waals surface area contributed by atoms with Gasteiger partial charge in [-0.1, -0.05) is 12.1 Å². The van der Waals surface area contributed by atoms with Crippen molar-refractivity contribution < 1.29 is 9.53 Å². The van der Waals surface area contributed by atoms with Crippen molar-refractivity contribution in [2.75, 3.05) is 29.9 Å². The molecule has 1 aromatic carbocycles. The predicted octanol–water partition coefficient (Wildman–Crippen LogP) is 4.20. The third kappa shape index (κ3) is 4.97. The molecule has 5 heterocycles. The Morgan fingerprint density at radius 2 is 1.89 bits per heavy atom. The van der Waals surface area contributed by atoms with E-state index in [0.717, 1.165) is 65.5 Å². The fourth-order valence-corrected chi connectivity index (χ4v) is 5.11. The summed E-state index contributed by atoms with van der Waals surface area (Å²) in [6.45, 7) is 7.06. The predicted molar refractivity (Wildman–Crippen MR) is 145 cm³/mol. The lowest BCUT2D eigenvalue weighted by molar-refractivity contribution is -0.00545. The number of carbonyl (C=O) groups excluding carboxylic acids is 1. The summed E-state index contributed by atoms with van der Waals surface area (Å²) in [4.78, 5) is 29.3. The second kappa shape index (κ2) is 9.78. The first-order valence-corrected chi connectivity index (χ1v) is 12.8. The van der Waals surface area contributed by atoms with Crippen molar-refractivity contribution in [3.8, 4) is 11.4 Å². The fraction of sp³-hybridized carbons (Fsp3) is 0.310. The zero-order valence-corrected chi connectivity index (χ0v) is 21.1. The highest BCUT2D eigenvalue weighted by atomic mass is 16.5. The fourth-order valence-electron chi connectivity index (χ4n) is 5.11. The number of carbonyl (C=O) groups is 1. The maximum Gasteiger partial charge on any atom is 0.251 e. The smallest absolute Gasteiger partial charge is 0.251 e. The lowest BCUT2D eigenvalue weighted by atomic mass is 10.1. The summed E-state index contributed by atoms with van der Waals surface area (Å²) >= 11 is 0. The van der Waals surface area contributed by atoms with Crippen LogP contribution in [0.15, 0.2) is 60.8 Å². The molecule has 0 aliphatic carbocycles. The van der Waals surface area contributed by atoms with Crippen molar-refractivity contribution in [2.24, 2.45) is 0 Å². The number of hydrogen-bond donors (Lipinski definition) is 2. The van der Waals surface area contributed by atoms with Crippen molar-refractivity contribution in [3.05, 3.63) is 77.6 Å². The van der Waals surface area contributed by atoms with Crippen LogP contribution in [0.25, 0.3) is 22.3 Å². The summed E-state index contributed by atoms with van der Waals surface area (Å²) in [5, 5.41) is 7.24. The molecule has 188 valence electrons. The quantitative estimate of drug-likeness (QED) is 0.430. The van der Waals surface area contributed by atoms with Gasteiger partial charge in [-0.05, 0) is 68.3 Å². The van der Waals surface area contributed by atoms with Crippen molar-refractivity contribution in [2.45, 2.75) is 39.0 Å². The van der Waals surface area contributed by atoms with Crippen LogP contribution in [-0.2, 0) is 17.7 Å². The van der Waals surface area contributed by atoms with E-state index in [9.17, 15) is 4.79 Å². The standard InChI is InChI=1S/C29H30N6O2/c1-18-16-35(17-19(2)37-18)28-5-3-4-24(34-28)25-9-8-22-14-31-23(13-27(22)33-25)15-32-29(36)21-7-6-20-10-11-30-26(20)12-21/h3-9,12-14,18-19,30H,10-11,15-17H2,1-2H3,(H,32,36)/t18-,19+. The number of nitrogens with one attached hydrogen (secondary N) is 2. The second-order valence-electron chi connectivity index (χ2n) is 9.84. The Labute approximate surface area is 216 Å². The molecular formula is C29H30N6O2. The largest absolute Gasteiger partial charge is 0.384 e. The van der Waals surface area contributed by atoms with Gasteiger partial charge < -0.3 is 20.3 Å². The highest BCUT2D eigenvalue weighted by Crippen LogP contribution is 2.25. The van der Waals surface area contributed by atoms with Crippen molar-refractivity contribution in [1.82, 2.24) is 20.3 Å². The van der Waals surface area contributed by atoms with Gasteiger partial charge in [0.15, 0.2) is 0 Å². The molecular weight excluding hydrogens is 464 g/mol. The number of rotatable bonds is 5. The normalized spacial score (nSPS) is 18.9. The Kier molecular flexibility index (Phi) is 6.18. The van der Waals surface area contributed by atoms with E-state index in [1.165, 1.54) is 5.56 Å². The minimum absolute atomic E-state index is 0.118. The van der Waals surface area contributed by atoms with E-state index in [-0.39, 0.29) is 18.1 Å². The van der Waals surface area contributed by atoms with Gasteiger partial charge in [-0.25, -0.2) is 9.97 Å². The van der Waals surface area contributed by atoms with Crippen molar-refractivity contribution >= 4 is 28.3 Å². The molecule has 0 unspecified atom stereocenters. The summed E-state index contributed by atoms with van der Waals surface area (Å²) in [5.41, 5.74) is 6.14. The van der Waals surface area contributed by atoms with E-state index in [1.54, 1.807) is 6.20 Å². The first kappa shape index (κ1) is 23.4. The van der Waals surface area contributed by atoms with Gasteiger partial charge in [-0.2, -0.15) is 0 Å². The topological polar surface area (TPSA) is 92.3 Å². The first-order chi connectivity index (χ1) is 18.0. The molecule has 3 aromatic heterocycles. The number of fused-ring (bicyclic) bond motifs is 2. The number of aromatic nitrogens is 3. The van der Waals surface area contributed by atoms with Crippen LogP contribution < -0.4 is 15.5 Å². The molecule has 0 bridgehead atoms. The molecule has 0 saturated carbocycles. The Morgan fingerprint density at radius 3 is 2.76 bits per heavy atom. The summed E-state index contributed by atoms with van der Waals surface area (Å²) in [7, 11) is 0. The van der Waals surface area contributed by atoms with E-state index in [0.29, 0.717) is 12.1 Å². The van der Waals surface area contributed by atoms with Crippen LogP contribution in [0, 0.1) is 0 Å². The van der Waals surface area contributed by atoms with E-state index in [2.05, 4.69) is 34.4 Å². The summed E-state index contributed by atoms with van der Waals surface area (Å²) in [5.74, 6) is 0.814. The highest BCUT2D eigenvalue weighted by molar-refractivity contribution is 5.95. The average Bonchev–Trinajstić information content (AvgIpc) is 3.39. The van der Waals surface area contributed by atoms with Gasteiger partial charge in [0.1, 0.15) is 5.82 Å². The van der Waals surface area contributed by atoms with E-state index < -0.39 is 0 Å². The maximum atomic E-state index is 12.7. The SMILES string of the molecule is C[C@@H]1CN(c2cccc(-c3ccc4cnc(CNC(=O)c5ccc6c(c5)NCC6)cc4n3)n2)C[C@H](C)O1. The Hall–Kier alpha value is -4.04. The Morgan fingerprint density at radius 1 is 1.05 bits per heavy atom. The molecule has 6 rings (SSSR count). The van der Waals surface area contributed by atoms with Gasteiger partial charge in [0.2, 0.25) is 0 Å². The number of amides is 1. The molecule has 2 atom stereocenters. The van der Waals surface area contributed by atoms with Gasteiger partial charge >= 0.3 is 0 Å². The number of hydrogen-bond acceptors (Lipinski definition) is 7. The average molecular weight is 495 g/mol. The first-order valence-electron chi connectivity index (χ1n) is 12.8. The molecule has 2 aliphatic heterocycles. The lowest BCUT2D eigenvalue weighted by Crippen LogP contribution is -2.45. The number of morpholine rings is 1. The van der Waals surface area contributed by atoms with Gasteiger partial charge in [-0.3, -0.25) is 9.78 Å². The van der Waals surface area contributed by atoms with Gasteiger partial charge in [-0.15, -0.1) is 0 Å². The number of ether oxygens (including phenoxy) is 1. The van der Waals surface area contributed by atoms with Crippen LogP contribution >= 0.6 is 0 Å². The molecule has 2 N–H and O–H groups in total. The van der Waals surface area contributed by atoms with Crippen molar-refractivity contribution in [3.63, 3.8) is 0 Å². The molecule has 8 heteroatoms.